The average Bonchev–Trinajstić information content (AvgIpc) is 2.67. The normalized spacial score (nSPS) is 12.5. The summed E-state index contributed by atoms with van der Waals surface area (Å²) in [7, 11) is 3.51. The van der Waals surface area contributed by atoms with Crippen LogP contribution in [0.5, 0.6) is 5.75 Å². The molecule has 1 aromatic carbocycles. The number of nitrogens with one attached hydrogen (secondary N) is 2. The molecule has 1 rings (SSSR count). The lowest BCUT2D eigenvalue weighted by Gasteiger charge is -2.27. The van der Waals surface area contributed by atoms with Crippen molar-refractivity contribution < 1.29 is 9.47 Å². The van der Waals surface area contributed by atoms with Gasteiger partial charge in [-0.3, -0.25) is 9.89 Å². The Kier molecular flexibility index (Phi) is 15.2. The third-order valence-electron chi connectivity index (χ3n) is 4.64. The van der Waals surface area contributed by atoms with Crippen molar-refractivity contribution >= 4 is 29.9 Å². The Hall–Kier alpha value is -1.06. The number of hydrogen-bond donors (Lipinski definition) is 2. The fraction of sp³-hybridized carbons (Fsp3) is 0.667. The number of nitrogens with zero attached hydrogens (tertiary/aromatic N) is 2. The van der Waals surface area contributed by atoms with Crippen LogP contribution in [0.25, 0.3) is 0 Å². The Balaban J connectivity index is 0.00000729. The fourth-order valence-electron chi connectivity index (χ4n) is 2.95. The first kappa shape index (κ1) is 26.9. The first-order valence-corrected chi connectivity index (χ1v) is 9.95. The standard InChI is InChI=1S/C21H38N4O2.HI/c1-7-25(8-2)18(4)15-23-21(22-5)24-16-19-11-10-17(3)14-20(19)27-13-9-12-26-6;/h10-11,14,18H,7-9,12-13,15-16H2,1-6H3,(H2,22,23,24);1H. The third kappa shape index (κ3) is 9.93. The number of benzene rings is 1. The number of methoxy groups -OCH3 is 1. The van der Waals surface area contributed by atoms with Crippen molar-refractivity contribution in [2.24, 2.45) is 4.99 Å². The van der Waals surface area contributed by atoms with Gasteiger partial charge in [-0.15, -0.1) is 24.0 Å². The zero-order valence-corrected chi connectivity index (χ0v) is 20.7. The summed E-state index contributed by atoms with van der Waals surface area (Å²) in [5, 5.41) is 6.81. The minimum absolute atomic E-state index is 0. The summed E-state index contributed by atoms with van der Waals surface area (Å²) < 4.78 is 11.0. The van der Waals surface area contributed by atoms with Crippen molar-refractivity contribution in [1.82, 2.24) is 15.5 Å². The van der Waals surface area contributed by atoms with Crippen LogP contribution in [-0.4, -0.2) is 63.9 Å². The lowest BCUT2D eigenvalue weighted by atomic mass is 10.1. The highest BCUT2D eigenvalue weighted by molar-refractivity contribution is 14.0. The molecule has 0 aliphatic carbocycles. The smallest absolute Gasteiger partial charge is 0.191 e. The van der Waals surface area contributed by atoms with Gasteiger partial charge in [0.25, 0.3) is 0 Å². The second kappa shape index (κ2) is 15.8. The van der Waals surface area contributed by atoms with Crippen molar-refractivity contribution in [3.8, 4) is 5.75 Å². The van der Waals surface area contributed by atoms with Gasteiger partial charge in [-0.2, -0.15) is 0 Å². The van der Waals surface area contributed by atoms with Crippen LogP contribution < -0.4 is 15.4 Å². The molecule has 28 heavy (non-hydrogen) atoms. The number of likely N-dealkylation sites (N-methyl/N-ethyl adjacent to an activating group) is 1. The van der Waals surface area contributed by atoms with E-state index in [9.17, 15) is 0 Å². The largest absolute Gasteiger partial charge is 0.493 e. The molecule has 0 heterocycles. The number of ether oxygens (including phenoxy) is 2. The van der Waals surface area contributed by atoms with Crippen molar-refractivity contribution in [3.05, 3.63) is 29.3 Å². The van der Waals surface area contributed by atoms with Gasteiger partial charge in [0.2, 0.25) is 0 Å². The highest BCUT2D eigenvalue weighted by Crippen LogP contribution is 2.20. The van der Waals surface area contributed by atoms with E-state index in [0.717, 1.165) is 43.3 Å². The lowest BCUT2D eigenvalue weighted by Crippen LogP contribution is -2.45. The Morgan fingerprint density at radius 2 is 1.89 bits per heavy atom. The minimum atomic E-state index is 0. The van der Waals surface area contributed by atoms with E-state index >= 15 is 0 Å². The molecule has 1 aromatic rings. The lowest BCUT2D eigenvalue weighted by molar-refractivity contribution is 0.171. The summed E-state index contributed by atoms with van der Waals surface area (Å²) in [5.74, 6) is 1.73. The van der Waals surface area contributed by atoms with Gasteiger partial charge < -0.3 is 20.1 Å². The van der Waals surface area contributed by atoms with Crippen molar-refractivity contribution in [2.75, 3.05) is 47.0 Å². The summed E-state index contributed by atoms with van der Waals surface area (Å²) in [6.07, 6.45) is 0.879. The van der Waals surface area contributed by atoms with E-state index in [0.29, 0.717) is 25.8 Å². The molecule has 2 N–H and O–H groups in total. The van der Waals surface area contributed by atoms with E-state index in [2.05, 4.69) is 66.4 Å². The minimum Gasteiger partial charge on any atom is -0.493 e. The summed E-state index contributed by atoms with van der Waals surface area (Å²) >= 11 is 0. The van der Waals surface area contributed by atoms with Gasteiger partial charge in [0.15, 0.2) is 5.96 Å². The van der Waals surface area contributed by atoms with Gasteiger partial charge >= 0.3 is 0 Å². The van der Waals surface area contributed by atoms with Gasteiger partial charge in [-0.1, -0.05) is 26.0 Å². The maximum Gasteiger partial charge on any atom is 0.191 e. The highest BCUT2D eigenvalue weighted by atomic mass is 127. The first-order valence-electron chi connectivity index (χ1n) is 9.95. The summed E-state index contributed by atoms with van der Waals surface area (Å²) in [6.45, 7) is 13.7. The Morgan fingerprint density at radius 3 is 2.50 bits per heavy atom. The molecule has 0 aliphatic rings. The summed E-state index contributed by atoms with van der Waals surface area (Å²) in [6, 6.07) is 6.76. The number of aliphatic imine (C=N–C) groups is 1. The van der Waals surface area contributed by atoms with Crippen LogP contribution in [0.1, 0.15) is 38.3 Å². The van der Waals surface area contributed by atoms with Crippen LogP contribution in [0.15, 0.2) is 23.2 Å². The van der Waals surface area contributed by atoms with E-state index in [4.69, 9.17) is 9.47 Å². The summed E-state index contributed by atoms with van der Waals surface area (Å²) in [4.78, 5) is 6.76. The molecule has 0 saturated heterocycles. The highest BCUT2D eigenvalue weighted by Gasteiger charge is 2.11. The number of hydrogen-bond acceptors (Lipinski definition) is 4. The second-order valence-corrected chi connectivity index (χ2v) is 6.68. The molecule has 162 valence electrons. The average molecular weight is 506 g/mol. The molecule has 0 saturated carbocycles. The molecule has 0 radical (unpaired) electrons. The van der Waals surface area contributed by atoms with E-state index in [1.807, 2.05) is 0 Å². The second-order valence-electron chi connectivity index (χ2n) is 6.68. The molecule has 7 heteroatoms. The molecule has 0 bridgehead atoms. The Labute approximate surface area is 188 Å². The molecule has 1 unspecified atom stereocenters. The van der Waals surface area contributed by atoms with Gasteiger partial charge in [-0.25, -0.2) is 0 Å². The molecular weight excluding hydrogens is 467 g/mol. The molecule has 1 atom stereocenters. The van der Waals surface area contributed by atoms with Crippen LogP contribution in [0.3, 0.4) is 0 Å². The maximum atomic E-state index is 5.96. The molecule has 0 spiro atoms. The fourth-order valence-corrected chi connectivity index (χ4v) is 2.95. The number of aryl methyl sites for hydroxylation is 1. The topological polar surface area (TPSA) is 58.1 Å². The summed E-state index contributed by atoms with van der Waals surface area (Å²) in [5.41, 5.74) is 2.31. The van der Waals surface area contributed by atoms with Crippen molar-refractivity contribution in [2.45, 2.75) is 46.7 Å². The number of halogens is 1. The van der Waals surface area contributed by atoms with Crippen molar-refractivity contribution in [3.63, 3.8) is 0 Å². The molecule has 6 nitrogen and oxygen atoms in total. The Morgan fingerprint density at radius 1 is 1.18 bits per heavy atom. The molecular formula is C21H39IN4O2. The quantitative estimate of drug-likeness (QED) is 0.197. The number of guanidine groups is 1. The zero-order chi connectivity index (χ0) is 20.1. The van der Waals surface area contributed by atoms with Crippen molar-refractivity contribution in [1.29, 1.82) is 0 Å². The Bertz CT molecular complexity index is 565. The van der Waals surface area contributed by atoms with Gasteiger partial charge in [0.05, 0.1) is 6.61 Å². The SMILES string of the molecule is CCN(CC)C(C)CNC(=NC)NCc1ccc(C)cc1OCCCOC.I. The predicted molar refractivity (Wildman–Crippen MR) is 129 cm³/mol. The molecule has 0 aromatic heterocycles. The molecule has 0 fully saturated rings. The van der Waals surface area contributed by atoms with Crippen LogP contribution in [0.4, 0.5) is 0 Å². The zero-order valence-electron chi connectivity index (χ0n) is 18.4. The third-order valence-corrected chi connectivity index (χ3v) is 4.64. The molecule has 0 aliphatic heterocycles. The monoisotopic (exact) mass is 506 g/mol. The van der Waals surface area contributed by atoms with Crippen LogP contribution in [0.2, 0.25) is 0 Å². The number of rotatable bonds is 12. The molecule has 0 amide bonds. The van der Waals surface area contributed by atoms with Crippen LogP contribution >= 0.6 is 24.0 Å². The maximum absolute atomic E-state index is 5.96. The van der Waals surface area contributed by atoms with Gasteiger partial charge in [-0.05, 0) is 38.6 Å². The van der Waals surface area contributed by atoms with Gasteiger partial charge in [0.1, 0.15) is 5.75 Å². The predicted octanol–water partition coefficient (Wildman–Crippen LogP) is 3.42. The van der Waals surface area contributed by atoms with E-state index in [1.165, 1.54) is 5.56 Å². The first-order chi connectivity index (χ1) is 13.0. The van der Waals surface area contributed by atoms with E-state index in [-0.39, 0.29) is 24.0 Å². The van der Waals surface area contributed by atoms with Gasteiger partial charge in [0, 0.05) is 51.9 Å². The van der Waals surface area contributed by atoms with E-state index in [1.54, 1.807) is 14.2 Å². The van der Waals surface area contributed by atoms with Crippen LogP contribution in [-0.2, 0) is 11.3 Å². The van der Waals surface area contributed by atoms with Crippen LogP contribution in [0, 0.1) is 6.92 Å². The van der Waals surface area contributed by atoms with E-state index < -0.39 is 0 Å².